The van der Waals surface area contributed by atoms with Crippen LogP contribution in [-0.4, -0.2) is 28.2 Å². The maximum Gasteiger partial charge on any atom is 0.292 e. The first kappa shape index (κ1) is 18.4. The summed E-state index contributed by atoms with van der Waals surface area (Å²) in [6.07, 6.45) is 1.64. The minimum atomic E-state index is -0.613. The Labute approximate surface area is 166 Å². The third-order valence-corrected chi connectivity index (χ3v) is 4.52. The predicted octanol–water partition coefficient (Wildman–Crippen LogP) is 4.00. The third-order valence-electron chi connectivity index (χ3n) is 4.52. The highest BCUT2D eigenvalue weighted by Gasteiger charge is 2.24. The Balaban J connectivity index is 1.73. The van der Waals surface area contributed by atoms with Gasteiger partial charge in [-0.2, -0.15) is 0 Å². The number of benzene rings is 2. The number of carbonyl (C=O) groups is 2. The van der Waals surface area contributed by atoms with Gasteiger partial charge in [-0.1, -0.05) is 36.4 Å². The van der Waals surface area contributed by atoms with Crippen molar-refractivity contribution in [2.75, 3.05) is 17.3 Å². The number of aromatic nitrogens is 2. The van der Waals surface area contributed by atoms with E-state index in [1.807, 2.05) is 30.3 Å². The standard InChI is InChI=1S/C22H17FN4O2/c1-26(15-9-3-2-4-10-15)22(29)19-18-13-7-8-14-27(18)20(25-19)21(28)24-17-12-6-5-11-16(17)23/h2-14H,1H3,(H,24,28). The van der Waals surface area contributed by atoms with Crippen LogP contribution in [0.3, 0.4) is 0 Å². The van der Waals surface area contributed by atoms with E-state index >= 15 is 0 Å². The van der Waals surface area contributed by atoms with Crippen LogP contribution in [-0.2, 0) is 0 Å². The zero-order chi connectivity index (χ0) is 20.4. The number of nitrogens with one attached hydrogen (secondary N) is 1. The topological polar surface area (TPSA) is 66.7 Å². The Hall–Kier alpha value is -4.00. The fourth-order valence-corrected chi connectivity index (χ4v) is 3.02. The molecule has 0 atom stereocenters. The second kappa shape index (κ2) is 7.55. The minimum absolute atomic E-state index is 0.00587. The number of hydrogen-bond acceptors (Lipinski definition) is 3. The van der Waals surface area contributed by atoms with Crippen LogP contribution in [0.25, 0.3) is 5.52 Å². The second-order valence-corrected chi connectivity index (χ2v) is 6.37. The van der Waals surface area contributed by atoms with E-state index in [2.05, 4.69) is 10.3 Å². The molecule has 4 rings (SSSR count). The lowest BCUT2D eigenvalue weighted by Gasteiger charge is -2.16. The number of anilines is 2. The van der Waals surface area contributed by atoms with Crippen LogP contribution in [0.5, 0.6) is 0 Å². The van der Waals surface area contributed by atoms with Gasteiger partial charge in [-0.05, 0) is 36.4 Å². The van der Waals surface area contributed by atoms with Gasteiger partial charge in [-0.3, -0.25) is 14.0 Å². The molecule has 0 fully saturated rings. The van der Waals surface area contributed by atoms with Gasteiger partial charge in [0.05, 0.1) is 11.2 Å². The molecular weight excluding hydrogens is 371 g/mol. The first-order valence-electron chi connectivity index (χ1n) is 8.92. The zero-order valence-corrected chi connectivity index (χ0v) is 15.5. The van der Waals surface area contributed by atoms with Gasteiger partial charge in [0, 0.05) is 18.9 Å². The first-order valence-corrected chi connectivity index (χ1v) is 8.92. The number of fused-ring (bicyclic) bond motifs is 1. The summed E-state index contributed by atoms with van der Waals surface area (Å²) in [5.41, 5.74) is 1.36. The molecule has 0 spiro atoms. The van der Waals surface area contributed by atoms with E-state index in [-0.39, 0.29) is 23.1 Å². The molecule has 0 aliphatic carbocycles. The van der Waals surface area contributed by atoms with E-state index in [0.29, 0.717) is 11.2 Å². The molecule has 0 saturated carbocycles. The lowest BCUT2D eigenvalue weighted by Crippen LogP contribution is -2.26. The van der Waals surface area contributed by atoms with Gasteiger partial charge in [0.1, 0.15) is 5.82 Å². The molecule has 0 aliphatic heterocycles. The van der Waals surface area contributed by atoms with Crippen LogP contribution < -0.4 is 10.2 Å². The zero-order valence-electron chi connectivity index (χ0n) is 15.5. The molecule has 2 aromatic heterocycles. The number of hydrogen-bond donors (Lipinski definition) is 1. The number of para-hydroxylation sites is 2. The number of amides is 2. The molecule has 29 heavy (non-hydrogen) atoms. The Kier molecular flexibility index (Phi) is 4.78. The van der Waals surface area contributed by atoms with Crippen molar-refractivity contribution in [2.45, 2.75) is 0 Å². The average molecular weight is 388 g/mol. The van der Waals surface area contributed by atoms with Crippen molar-refractivity contribution < 1.29 is 14.0 Å². The van der Waals surface area contributed by atoms with Gasteiger partial charge in [-0.25, -0.2) is 9.37 Å². The van der Waals surface area contributed by atoms with E-state index in [1.54, 1.807) is 37.5 Å². The number of nitrogens with zero attached hydrogens (tertiary/aromatic N) is 3. The fraction of sp³-hybridized carbons (Fsp3) is 0.0455. The molecular formula is C22H17FN4O2. The number of halogens is 1. The van der Waals surface area contributed by atoms with Gasteiger partial charge in [0.25, 0.3) is 11.8 Å². The average Bonchev–Trinajstić information content (AvgIpc) is 3.15. The summed E-state index contributed by atoms with van der Waals surface area (Å²) < 4.78 is 15.4. The lowest BCUT2D eigenvalue weighted by atomic mass is 10.2. The van der Waals surface area contributed by atoms with Gasteiger partial charge >= 0.3 is 0 Å². The highest BCUT2D eigenvalue weighted by Crippen LogP contribution is 2.20. The lowest BCUT2D eigenvalue weighted by molar-refractivity contribution is 0.0990. The molecule has 2 heterocycles. The van der Waals surface area contributed by atoms with Crippen molar-refractivity contribution in [2.24, 2.45) is 0 Å². The maximum atomic E-state index is 13.9. The molecule has 2 aromatic carbocycles. The molecule has 6 nitrogen and oxygen atoms in total. The SMILES string of the molecule is CN(C(=O)c1nc(C(=O)Nc2ccccc2F)n2ccccc12)c1ccccc1. The van der Waals surface area contributed by atoms with Crippen LogP contribution in [0, 0.1) is 5.82 Å². The van der Waals surface area contributed by atoms with Gasteiger partial charge in [-0.15, -0.1) is 0 Å². The molecule has 0 bridgehead atoms. The second-order valence-electron chi connectivity index (χ2n) is 6.37. The van der Waals surface area contributed by atoms with Crippen molar-refractivity contribution in [3.63, 3.8) is 0 Å². The van der Waals surface area contributed by atoms with Crippen LogP contribution in [0.2, 0.25) is 0 Å². The molecule has 0 aliphatic rings. The van der Waals surface area contributed by atoms with Crippen LogP contribution in [0.4, 0.5) is 15.8 Å². The number of carbonyl (C=O) groups excluding carboxylic acids is 2. The Morgan fingerprint density at radius 2 is 1.66 bits per heavy atom. The quantitative estimate of drug-likeness (QED) is 0.575. The van der Waals surface area contributed by atoms with Crippen molar-refractivity contribution in [1.82, 2.24) is 9.38 Å². The van der Waals surface area contributed by atoms with Gasteiger partial charge in [0.15, 0.2) is 5.69 Å². The van der Waals surface area contributed by atoms with Gasteiger partial charge in [0.2, 0.25) is 5.82 Å². The molecule has 7 heteroatoms. The van der Waals surface area contributed by atoms with E-state index in [9.17, 15) is 14.0 Å². The number of pyridine rings is 1. The highest BCUT2D eigenvalue weighted by molar-refractivity contribution is 6.11. The van der Waals surface area contributed by atoms with Crippen molar-refractivity contribution in [1.29, 1.82) is 0 Å². The summed E-state index contributed by atoms with van der Waals surface area (Å²) in [7, 11) is 1.64. The maximum absolute atomic E-state index is 13.9. The van der Waals surface area contributed by atoms with Crippen molar-refractivity contribution in [3.8, 4) is 0 Å². The number of rotatable bonds is 4. The molecule has 0 radical (unpaired) electrons. The normalized spacial score (nSPS) is 10.7. The first-order chi connectivity index (χ1) is 14.1. The van der Waals surface area contributed by atoms with E-state index in [0.717, 1.165) is 0 Å². The van der Waals surface area contributed by atoms with Crippen molar-refractivity contribution in [3.05, 3.63) is 96.3 Å². The number of imidazole rings is 1. The smallest absolute Gasteiger partial charge is 0.292 e. The molecule has 1 N–H and O–H groups in total. The summed E-state index contributed by atoms with van der Waals surface area (Å²) in [5.74, 6) is -1.53. The predicted molar refractivity (Wildman–Crippen MR) is 109 cm³/mol. The molecule has 144 valence electrons. The summed E-state index contributed by atoms with van der Waals surface area (Å²) >= 11 is 0. The largest absolute Gasteiger partial charge is 0.317 e. The van der Waals surface area contributed by atoms with Gasteiger partial charge < -0.3 is 10.2 Å². The third kappa shape index (κ3) is 3.45. The molecule has 0 unspecified atom stereocenters. The monoisotopic (exact) mass is 388 g/mol. The highest BCUT2D eigenvalue weighted by atomic mass is 19.1. The van der Waals surface area contributed by atoms with E-state index < -0.39 is 11.7 Å². The Bertz CT molecular complexity index is 1200. The molecule has 4 aromatic rings. The summed E-state index contributed by atoms with van der Waals surface area (Å²) in [6.45, 7) is 0. The van der Waals surface area contributed by atoms with Crippen LogP contribution in [0.1, 0.15) is 21.1 Å². The van der Waals surface area contributed by atoms with Crippen LogP contribution in [0.15, 0.2) is 79.0 Å². The van der Waals surface area contributed by atoms with E-state index in [1.165, 1.54) is 27.5 Å². The fourth-order valence-electron chi connectivity index (χ4n) is 3.02. The molecule has 0 saturated heterocycles. The van der Waals surface area contributed by atoms with Crippen LogP contribution >= 0.6 is 0 Å². The van der Waals surface area contributed by atoms with E-state index in [4.69, 9.17) is 0 Å². The minimum Gasteiger partial charge on any atom is -0.317 e. The van der Waals surface area contributed by atoms with Crippen molar-refractivity contribution >= 4 is 28.7 Å². The summed E-state index contributed by atoms with van der Waals surface area (Å²) in [4.78, 5) is 31.6. The Morgan fingerprint density at radius 3 is 2.41 bits per heavy atom. The molecule has 2 amide bonds. The Morgan fingerprint density at radius 1 is 0.966 bits per heavy atom. The summed E-state index contributed by atoms with van der Waals surface area (Å²) in [5, 5.41) is 2.51. The summed E-state index contributed by atoms with van der Waals surface area (Å²) in [6, 6.07) is 20.2.